The summed E-state index contributed by atoms with van der Waals surface area (Å²) in [5, 5.41) is 2.39. The number of rotatable bonds is 3. The molecule has 0 aliphatic rings. The van der Waals surface area contributed by atoms with Gasteiger partial charge in [-0.1, -0.05) is 0 Å². The van der Waals surface area contributed by atoms with Crippen molar-refractivity contribution < 1.29 is 9.18 Å². The molecule has 2 aromatic rings. The Balaban J connectivity index is 2.22. The van der Waals surface area contributed by atoms with Crippen LogP contribution in [0.15, 0.2) is 29.2 Å². The van der Waals surface area contributed by atoms with Crippen LogP contribution in [0.4, 0.5) is 15.8 Å². The predicted molar refractivity (Wildman–Crippen MR) is 85.4 cm³/mol. The molecule has 1 amide bonds. The lowest BCUT2D eigenvalue weighted by Crippen LogP contribution is -2.31. The standard InChI is InChI=1S/C13H12FIN4O2/c1-7-17-5-10(15)13(21)19(7)6-12(20)18-11-4-8(16)2-3-9(11)14/h2-5H,6,16H2,1H3,(H,18,20). The number of amides is 1. The number of nitrogens with one attached hydrogen (secondary N) is 1. The fourth-order valence-corrected chi connectivity index (χ4v) is 2.14. The molecule has 2 rings (SSSR count). The number of halogens is 2. The lowest BCUT2D eigenvalue weighted by Gasteiger charge is -2.11. The van der Waals surface area contributed by atoms with Gasteiger partial charge in [0, 0.05) is 11.9 Å². The zero-order valence-electron chi connectivity index (χ0n) is 11.1. The smallest absolute Gasteiger partial charge is 0.267 e. The van der Waals surface area contributed by atoms with Gasteiger partial charge < -0.3 is 11.1 Å². The largest absolute Gasteiger partial charge is 0.399 e. The lowest BCUT2D eigenvalue weighted by molar-refractivity contribution is -0.116. The number of hydrogen-bond donors (Lipinski definition) is 2. The first kappa shape index (κ1) is 15.4. The van der Waals surface area contributed by atoms with Crippen molar-refractivity contribution in [1.82, 2.24) is 9.55 Å². The second-order valence-electron chi connectivity index (χ2n) is 4.33. The van der Waals surface area contributed by atoms with Gasteiger partial charge in [-0.25, -0.2) is 9.37 Å². The zero-order chi connectivity index (χ0) is 15.6. The molecule has 0 saturated carbocycles. The molecular formula is C13H12FIN4O2. The maximum atomic E-state index is 13.5. The Kier molecular flexibility index (Phi) is 4.56. The van der Waals surface area contributed by atoms with E-state index in [1.807, 2.05) is 22.6 Å². The van der Waals surface area contributed by atoms with Gasteiger partial charge in [0.05, 0.1) is 9.26 Å². The van der Waals surface area contributed by atoms with E-state index in [9.17, 15) is 14.0 Å². The van der Waals surface area contributed by atoms with Crippen LogP contribution < -0.4 is 16.6 Å². The van der Waals surface area contributed by atoms with Gasteiger partial charge >= 0.3 is 0 Å². The second kappa shape index (κ2) is 6.20. The van der Waals surface area contributed by atoms with Crippen molar-refractivity contribution in [2.75, 3.05) is 11.1 Å². The van der Waals surface area contributed by atoms with Gasteiger partial charge in [0.1, 0.15) is 18.2 Å². The molecule has 1 heterocycles. The molecule has 1 aromatic carbocycles. The van der Waals surface area contributed by atoms with Gasteiger partial charge in [-0.2, -0.15) is 0 Å². The highest BCUT2D eigenvalue weighted by Gasteiger charge is 2.12. The number of aryl methyl sites for hydroxylation is 1. The van der Waals surface area contributed by atoms with Crippen molar-refractivity contribution in [3.8, 4) is 0 Å². The molecule has 1 aromatic heterocycles. The molecule has 0 atom stereocenters. The fraction of sp³-hybridized carbons (Fsp3) is 0.154. The number of carbonyl (C=O) groups is 1. The van der Waals surface area contributed by atoms with Crippen LogP contribution in [0, 0.1) is 16.3 Å². The summed E-state index contributed by atoms with van der Waals surface area (Å²) in [6, 6.07) is 3.87. The second-order valence-corrected chi connectivity index (χ2v) is 5.49. The lowest BCUT2D eigenvalue weighted by atomic mass is 10.2. The van der Waals surface area contributed by atoms with Crippen molar-refractivity contribution in [3.05, 3.63) is 50.0 Å². The Hall–Kier alpha value is -1.97. The topological polar surface area (TPSA) is 90.0 Å². The van der Waals surface area contributed by atoms with E-state index in [1.54, 1.807) is 6.92 Å². The van der Waals surface area contributed by atoms with Crippen LogP contribution in [-0.4, -0.2) is 15.5 Å². The normalized spacial score (nSPS) is 10.4. The van der Waals surface area contributed by atoms with Gasteiger partial charge in [0.2, 0.25) is 5.91 Å². The number of carbonyl (C=O) groups excluding carboxylic acids is 1. The molecule has 0 bridgehead atoms. The van der Waals surface area contributed by atoms with Gasteiger partial charge in [-0.15, -0.1) is 0 Å². The third-order valence-corrected chi connectivity index (χ3v) is 3.51. The molecule has 0 fully saturated rings. The summed E-state index contributed by atoms with van der Waals surface area (Å²) in [4.78, 5) is 27.9. The summed E-state index contributed by atoms with van der Waals surface area (Å²) in [5.74, 6) is -0.723. The molecule has 3 N–H and O–H groups in total. The first-order chi connectivity index (χ1) is 9.88. The van der Waals surface area contributed by atoms with Gasteiger partial charge in [-0.3, -0.25) is 14.2 Å². The van der Waals surface area contributed by atoms with Crippen LogP contribution in [0.1, 0.15) is 5.82 Å². The van der Waals surface area contributed by atoms with Crippen molar-refractivity contribution in [2.45, 2.75) is 13.5 Å². The molecule has 0 saturated heterocycles. The summed E-state index contributed by atoms with van der Waals surface area (Å²) in [6.45, 7) is 1.37. The summed E-state index contributed by atoms with van der Waals surface area (Å²) >= 11 is 1.84. The molecule has 0 radical (unpaired) electrons. The van der Waals surface area contributed by atoms with E-state index in [4.69, 9.17) is 5.73 Å². The van der Waals surface area contributed by atoms with Crippen LogP contribution in [-0.2, 0) is 11.3 Å². The Bertz CT molecular complexity index is 760. The SMILES string of the molecule is Cc1ncc(I)c(=O)n1CC(=O)Nc1cc(N)ccc1F. The fourth-order valence-electron chi connectivity index (χ4n) is 1.71. The Morgan fingerprint density at radius 1 is 1.52 bits per heavy atom. The van der Waals surface area contributed by atoms with E-state index in [0.717, 1.165) is 6.07 Å². The van der Waals surface area contributed by atoms with E-state index in [-0.39, 0.29) is 17.8 Å². The summed E-state index contributed by atoms with van der Waals surface area (Å²) in [5.41, 5.74) is 5.53. The van der Waals surface area contributed by atoms with E-state index >= 15 is 0 Å². The van der Waals surface area contributed by atoms with Crippen molar-refractivity contribution in [1.29, 1.82) is 0 Å². The van der Waals surface area contributed by atoms with E-state index < -0.39 is 11.7 Å². The minimum Gasteiger partial charge on any atom is -0.399 e. The number of benzene rings is 1. The first-order valence-electron chi connectivity index (χ1n) is 5.95. The van der Waals surface area contributed by atoms with E-state index in [0.29, 0.717) is 15.1 Å². The monoisotopic (exact) mass is 402 g/mol. The van der Waals surface area contributed by atoms with Crippen molar-refractivity contribution >= 4 is 39.9 Å². The number of nitrogen functional groups attached to an aromatic ring is 1. The number of aromatic nitrogens is 2. The minimum atomic E-state index is -0.595. The van der Waals surface area contributed by atoms with Crippen LogP contribution in [0.25, 0.3) is 0 Å². The van der Waals surface area contributed by atoms with E-state index in [2.05, 4.69) is 10.3 Å². The quantitative estimate of drug-likeness (QED) is 0.602. The van der Waals surface area contributed by atoms with Crippen molar-refractivity contribution in [3.63, 3.8) is 0 Å². The third kappa shape index (κ3) is 3.57. The number of nitrogens with zero attached hydrogens (tertiary/aromatic N) is 2. The van der Waals surface area contributed by atoms with Crippen LogP contribution in [0.5, 0.6) is 0 Å². The molecule has 0 spiro atoms. The highest BCUT2D eigenvalue weighted by atomic mass is 127. The Labute approximate surface area is 133 Å². The molecule has 110 valence electrons. The Morgan fingerprint density at radius 3 is 2.95 bits per heavy atom. The number of hydrogen-bond acceptors (Lipinski definition) is 4. The average molecular weight is 402 g/mol. The summed E-state index contributed by atoms with van der Waals surface area (Å²) < 4.78 is 15.2. The highest BCUT2D eigenvalue weighted by molar-refractivity contribution is 14.1. The first-order valence-corrected chi connectivity index (χ1v) is 7.03. The molecule has 21 heavy (non-hydrogen) atoms. The third-order valence-electron chi connectivity index (χ3n) is 2.77. The van der Waals surface area contributed by atoms with E-state index in [1.165, 1.54) is 22.9 Å². The van der Waals surface area contributed by atoms with Gasteiger partial charge in [-0.05, 0) is 47.7 Å². The molecule has 0 aliphatic heterocycles. The maximum Gasteiger partial charge on any atom is 0.267 e. The van der Waals surface area contributed by atoms with Crippen LogP contribution in [0.3, 0.4) is 0 Å². The average Bonchev–Trinajstić information content (AvgIpc) is 2.43. The Morgan fingerprint density at radius 2 is 2.24 bits per heavy atom. The van der Waals surface area contributed by atoms with Crippen LogP contribution in [0.2, 0.25) is 0 Å². The number of nitrogens with two attached hydrogens (primary N) is 1. The molecule has 6 nitrogen and oxygen atoms in total. The van der Waals surface area contributed by atoms with Crippen LogP contribution >= 0.6 is 22.6 Å². The zero-order valence-corrected chi connectivity index (χ0v) is 13.2. The molecule has 8 heteroatoms. The summed E-state index contributed by atoms with van der Waals surface area (Å²) in [6.07, 6.45) is 1.43. The van der Waals surface area contributed by atoms with Gasteiger partial charge in [0.15, 0.2) is 0 Å². The predicted octanol–water partition coefficient (Wildman–Crippen LogP) is 1.52. The highest BCUT2D eigenvalue weighted by Crippen LogP contribution is 2.17. The molecule has 0 unspecified atom stereocenters. The minimum absolute atomic E-state index is 0.0238. The number of anilines is 2. The summed E-state index contributed by atoms with van der Waals surface area (Å²) in [7, 11) is 0. The molecular weight excluding hydrogens is 390 g/mol. The van der Waals surface area contributed by atoms with Gasteiger partial charge in [0.25, 0.3) is 5.56 Å². The molecule has 0 aliphatic carbocycles. The maximum absolute atomic E-state index is 13.5. The van der Waals surface area contributed by atoms with Crippen molar-refractivity contribution in [2.24, 2.45) is 0 Å².